The zero-order valence-corrected chi connectivity index (χ0v) is 14.9. The monoisotopic (exact) mass is 325 g/mol. The van der Waals surface area contributed by atoms with Crippen LogP contribution in [0.4, 0.5) is 0 Å². The molecule has 3 rings (SSSR count). The minimum absolute atomic E-state index is 0.130. The Labute approximate surface area is 144 Å². The van der Waals surface area contributed by atoms with Gasteiger partial charge >= 0.3 is 5.97 Å². The van der Waals surface area contributed by atoms with Gasteiger partial charge in [0.05, 0.1) is 13.5 Å². The van der Waals surface area contributed by atoms with Gasteiger partial charge in [-0.15, -0.1) is 6.58 Å². The molecule has 1 aliphatic rings. The Morgan fingerprint density at radius 3 is 2.88 bits per heavy atom. The SMILES string of the molecule is C=CC1CCC(CC)(CC(=O)OC)c2[nH]c3c(CC)cccc3c21. The minimum atomic E-state index is -0.161. The van der Waals surface area contributed by atoms with Crippen molar-refractivity contribution in [1.82, 2.24) is 4.98 Å². The van der Waals surface area contributed by atoms with Gasteiger partial charge in [0.1, 0.15) is 0 Å². The molecule has 0 saturated carbocycles. The number of aryl methyl sites for hydroxylation is 1. The van der Waals surface area contributed by atoms with Crippen molar-refractivity contribution in [2.45, 2.75) is 57.3 Å². The van der Waals surface area contributed by atoms with Gasteiger partial charge < -0.3 is 9.72 Å². The fourth-order valence-electron chi connectivity index (χ4n) is 4.34. The highest BCUT2D eigenvalue weighted by Gasteiger charge is 2.42. The average molecular weight is 325 g/mol. The number of esters is 1. The van der Waals surface area contributed by atoms with Crippen LogP contribution in [-0.2, 0) is 21.4 Å². The number of carbonyl (C=O) groups is 1. The topological polar surface area (TPSA) is 42.1 Å². The van der Waals surface area contributed by atoms with Crippen LogP contribution in [0.3, 0.4) is 0 Å². The molecule has 1 aliphatic carbocycles. The molecule has 1 aromatic carbocycles. The summed E-state index contributed by atoms with van der Waals surface area (Å²) < 4.78 is 4.99. The molecule has 0 spiro atoms. The fourth-order valence-corrected chi connectivity index (χ4v) is 4.34. The van der Waals surface area contributed by atoms with Crippen molar-refractivity contribution in [2.75, 3.05) is 7.11 Å². The number of carbonyl (C=O) groups excluding carboxylic acids is 1. The number of H-pyrrole nitrogens is 1. The lowest BCUT2D eigenvalue weighted by atomic mass is 9.66. The lowest BCUT2D eigenvalue weighted by molar-refractivity contribution is -0.142. The number of ether oxygens (including phenoxy) is 1. The standard InChI is InChI=1S/C21H27NO2/c1-5-14-11-12-21(7-3,13-17(23)24-4)20-18(14)16-10-8-9-15(6-2)19(16)22-20/h5,8-10,14,22H,1,6-7,11-13H2,2-4H3. The summed E-state index contributed by atoms with van der Waals surface area (Å²) in [5.74, 6) is 0.215. The summed E-state index contributed by atoms with van der Waals surface area (Å²) in [5, 5.41) is 1.29. The summed E-state index contributed by atoms with van der Waals surface area (Å²) in [6, 6.07) is 6.52. The summed E-state index contributed by atoms with van der Waals surface area (Å²) in [6.07, 6.45) is 6.42. The molecular weight excluding hydrogens is 298 g/mol. The Morgan fingerprint density at radius 2 is 2.25 bits per heavy atom. The van der Waals surface area contributed by atoms with Crippen molar-refractivity contribution in [3.8, 4) is 0 Å². The van der Waals surface area contributed by atoms with Gasteiger partial charge in [-0.25, -0.2) is 0 Å². The number of aromatic nitrogens is 1. The molecule has 2 aromatic rings. The number of rotatable bonds is 5. The van der Waals surface area contributed by atoms with Crippen LogP contribution in [0.2, 0.25) is 0 Å². The third kappa shape index (κ3) is 2.47. The number of nitrogens with one attached hydrogen (secondary N) is 1. The van der Waals surface area contributed by atoms with Crippen molar-refractivity contribution in [3.63, 3.8) is 0 Å². The van der Waals surface area contributed by atoms with E-state index in [-0.39, 0.29) is 11.4 Å². The Balaban J connectivity index is 2.26. The molecule has 3 heteroatoms. The first-order valence-electron chi connectivity index (χ1n) is 8.93. The molecule has 24 heavy (non-hydrogen) atoms. The number of allylic oxidation sites excluding steroid dienone is 1. The zero-order valence-electron chi connectivity index (χ0n) is 14.9. The van der Waals surface area contributed by atoms with E-state index in [4.69, 9.17) is 4.74 Å². The molecule has 2 unspecified atom stereocenters. The molecule has 128 valence electrons. The Hall–Kier alpha value is -2.03. The van der Waals surface area contributed by atoms with Gasteiger partial charge in [-0.3, -0.25) is 4.79 Å². The van der Waals surface area contributed by atoms with Crippen molar-refractivity contribution in [2.24, 2.45) is 0 Å². The molecular formula is C21H27NO2. The maximum absolute atomic E-state index is 12.1. The largest absolute Gasteiger partial charge is 0.469 e. The van der Waals surface area contributed by atoms with Crippen LogP contribution in [0.15, 0.2) is 30.9 Å². The Morgan fingerprint density at radius 1 is 1.46 bits per heavy atom. The average Bonchev–Trinajstić information content (AvgIpc) is 3.02. The second kappa shape index (κ2) is 6.46. The van der Waals surface area contributed by atoms with Crippen LogP contribution in [0.1, 0.15) is 62.3 Å². The molecule has 2 atom stereocenters. The first-order valence-corrected chi connectivity index (χ1v) is 8.93. The maximum Gasteiger partial charge on any atom is 0.306 e. The van der Waals surface area contributed by atoms with Gasteiger partial charge in [-0.1, -0.05) is 38.1 Å². The number of benzene rings is 1. The van der Waals surface area contributed by atoms with Crippen molar-refractivity contribution in [3.05, 3.63) is 47.7 Å². The van der Waals surface area contributed by atoms with Gasteiger partial charge in [0, 0.05) is 27.9 Å². The predicted molar refractivity (Wildman–Crippen MR) is 98.5 cm³/mol. The zero-order chi connectivity index (χ0) is 17.3. The highest BCUT2D eigenvalue weighted by Crippen LogP contribution is 2.50. The summed E-state index contributed by atoms with van der Waals surface area (Å²) >= 11 is 0. The molecule has 0 saturated heterocycles. The normalized spacial score (nSPS) is 23.0. The van der Waals surface area contributed by atoms with E-state index >= 15 is 0 Å². The van der Waals surface area contributed by atoms with Crippen LogP contribution in [0.25, 0.3) is 10.9 Å². The molecule has 1 aromatic heterocycles. The lowest BCUT2D eigenvalue weighted by Gasteiger charge is -2.38. The van der Waals surface area contributed by atoms with E-state index < -0.39 is 0 Å². The van der Waals surface area contributed by atoms with E-state index in [1.54, 1.807) is 0 Å². The highest BCUT2D eigenvalue weighted by atomic mass is 16.5. The smallest absolute Gasteiger partial charge is 0.306 e. The van der Waals surface area contributed by atoms with E-state index in [2.05, 4.69) is 49.7 Å². The Kier molecular flexibility index (Phi) is 4.53. The summed E-state index contributed by atoms with van der Waals surface area (Å²) in [7, 11) is 1.47. The summed E-state index contributed by atoms with van der Waals surface area (Å²) in [6.45, 7) is 8.41. The van der Waals surface area contributed by atoms with Crippen molar-refractivity contribution >= 4 is 16.9 Å². The molecule has 0 amide bonds. The van der Waals surface area contributed by atoms with Crippen molar-refractivity contribution in [1.29, 1.82) is 0 Å². The number of hydrogen-bond acceptors (Lipinski definition) is 2. The van der Waals surface area contributed by atoms with Crippen LogP contribution < -0.4 is 0 Å². The summed E-state index contributed by atoms with van der Waals surface area (Å²) in [5.41, 5.74) is 4.95. The van der Waals surface area contributed by atoms with Gasteiger partial charge in [0.2, 0.25) is 0 Å². The van der Waals surface area contributed by atoms with E-state index in [1.807, 2.05) is 0 Å². The van der Waals surface area contributed by atoms with E-state index in [0.29, 0.717) is 12.3 Å². The molecule has 1 heterocycles. The third-order valence-electron chi connectivity index (χ3n) is 5.85. The molecule has 0 fully saturated rings. The maximum atomic E-state index is 12.1. The van der Waals surface area contributed by atoms with Crippen LogP contribution >= 0.6 is 0 Å². The predicted octanol–water partition coefficient (Wildman–Crippen LogP) is 5.00. The van der Waals surface area contributed by atoms with Gasteiger partial charge in [0.25, 0.3) is 0 Å². The van der Waals surface area contributed by atoms with E-state index in [1.165, 1.54) is 34.8 Å². The lowest BCUT2D eigenvalue weighted by Crippen LogP contribution is -2.34. The second-order valence-corrected chi connectivity index (χ2v) is 6.87. The Bertz CT molecular complexity index is 773. The molecule has 0 bridgehead atoms. The fraction of sp³-hybridized carbons (Fsp3) is 0.476. The number of aromatic amines is 1. The third-order valence-corrected chi connectivity index (χ3v) is 5.85. The number of fused-ring (bicyclic) bond motifs is 3. The van der Waals surface area contributed by atoms with Crippen LogP contribution in [-0.4, -0.2) is 18.1 Å². The first-order chi connectivity index (χ1) is 11.6. The molecule has 3 nitrogen and oxygen atoms in total. The van der Waals surface area contributed by atoms with Crippen LogP contribution in [0.5, 0.6) is 0 Å². The van der Waals surface area contributed by atoms with Crippen molar-refractivity contribution < 1.29 is 9.53 Å². The van der Waals surface area contributed by atoms with Gasteiger partial charge in [0.15, 0.2) is 0 Å². The number of methoxy groups -OCH3 is 1. The second-order valence-electron chi connectivity index (χ2n) is 6.87. The van der Waals surface area contributed by atoms with Crippen LogP contribution in [0, 0.1) is 0 Å². The minimum Gasteiger partial charge on any atom is -0.469 e. The quantitative estimate of drug-likeness (QED) is 0.620. The summed E-state index contributed by atoms with van der Waals surface area (Å²) in [4.78, 5) is 15.8. The molecule has 0 aliphatic heterocycles. The number of hydrogen-bond donors (Lipinski definition) is 1. The van der Waals surface area contributed by atoms with Gasteiger partial charge in [-0.05, 0) is 36.8 Å². The molecule has 0 radical (unpaired) electrons. The molecule has 1 N–H and O–H groups in total. The first kappa shape index (κ1) is 16.8. The number of para-hydroxylation sites is 1. The van der Waals surface area contributed by atoms with Gasteiger partial charge in [-0.2, -0.15) is 0 Å². The van der Waals surface area contributed by atoms with E-state index in [0.717, 1.165) is 25.7 Å². The highest BCUT2D eigenvalue weighted by molar-refractivity contribution is 5.89. The van der Waals surface area contributed by atoms with E-state index in [9.17, 15) is 4.79 Å².